The highest BCUT2D eigenvalue weighted by Crippen LogP contribution is 2.31. The lowest BCUT2D eigenvalue weighted by molar-refractivity contribution is -0.120. The molecule has 0 spiro atoms. The van der Waals surface area contributed by atoms with Crippen LogP contribution in [0, 0.1) is 19.8 Å². The topological polar surface area (TPSA) is 90.4 Å². The lowest BCUT2D eigenvalue weighted by Gasteiger charge is -2.12. The van der Waals surface area contributed by atoms with Gasteiger partial charge in [-0.3, -0.25) is 4.79 Å². The second kappa shape index (κ2) is 7.70. The standard InChI is InChI=1S/C19H25N3O3/c1-12-17(13(2)25-22-12)11-24-16-7-3-14(4-8-16)9-19(23)21-10-18(20)15-5-6-15/h3-4,7-8,15,18H,5-6,9-11,20H2,1-2H3,(H,21,23). The molecule has 1 saturated carbocycles. The zero-order valence-corrected chi connectivity index (χ0v) is 14.7. The van der Waals surface area contributed by atoms with Gasteiger partial charge in [-0.2, -0.15) is 0 Å². The number of benzene rings is 1. The Balaban J connectivity index is 1.45. The van der Waals surface area contributed by atoms with Crippen LogP contribution >= 0.6 is 0 Å². The van der Waals surface area contributed by atoms with Crippen molar-refractivity contribution in [2.45, 2.75) is 45.8 Å². The van der Waals surface area contributed by atoms with Crippen LogP contribution in [-0.2, 0) is 17.8 Å². The van der Waals surface area contributed by atoms with Gasteiger partial charge < -0.3 is 20.3 Å². The monoisotopic (exact) mass is 343 g/mol. The van der Waals surface area contributed by atoms with Gasteiger partial charge in [0.25, 0.3) is 0 Å². The zero-order chi connectivity index (χ0) is 17.8. The van der Waals surface area contributed by atoms with Crippen molar-refractivity contribution < 1.29 is 14.1 Å². The molecular weight excluding hydrogens is 318 g/mol. The Hall–Kier alpha value is -2.34. The first-order chi connectivity index (χ1) is 12.0. The number of nitrogens with two attached hydrogens (primary N) is 1. The van der Waals surface area contributed by atoms with Gasteiger partial charge in [0.15, 0.2) is 0 Å². The van der Waals surface area contributed by atoms with Crippen LogP contribution < -0.4 is 15.8 Å². The molecule has 1 heterocycles. The molecule has 1 unspecified atom stereocenters. The molecular formula is C19H25N3O3. The Bertz CT molecular complexity index is 701. The molecule has 0 aliphatic heterocycles. The molecule has 6 heteroatoms. The molecule has 1 aliphatic carbocycles. The highest BCUT2D eigenvalue weighted by molar-refractivity contribution is 5.78. The molecule has 25 heavy (non-hydrogen) atoms. The molecule has 1 atom stereocenters. The van der Waals surface area contributed by atoms with Crippen molar-refractivity contribution in [3.63, 3.8) is 0 Å². The van der Waals surface area contributed by atoms with Gasteiger partial charge in [-0.25, -0.2) is 0 Å². The highest BCUT2D eigenvalue weighted by Gasteiger charge is 2.28. The fourth-order valence-corrected chi connectivity index (χ4v) is 2.74. The third-order valence-electron chi connectivity index (χ3n) is 4.61. The predicted molar refractivity (Wildman–Crippen MR) is 94.2 cm³/mol. The van der Waals surface area contributed by atoms with Gasteiger partial charge in [-0.05, 0) is 50.3 Å². The van der Waals surface area contributed by atoms with Gasteiger partial charge >= 0.3 is 0 Å². The van der Waals surface area contributed by atoms with Gasteiger partial charge in [0.05, 0.1) is 17.7 Å². The molecule has 0 radical (unpaired) electrons. The highest BCUT2D eigenvalue weighted by atomic mass is 16.5. The lowest BCUT2D eigenvalue weighted by Crippen LogP contribution is -2.39. The summed E-state index contributed by atoms with van der Waals surface area (Å²) in [5, 5.41) is 6.82. The fraction of sp³-hybridized carbons (Fsp3) is 0.474. The first-order valence-electron chi connectivity index (χ1n) is 8.68. The third-order valence-corrected chi connectivity index (χ3v) is 4.61. The summed E-state index contributed by atoms with van der Waals surface area (Å²) < 4.78 is 10.9. The van der Waals surface area contributed by atoms with Crippen LogP contribution in [0.15, 0.2) is 28.8 Å². The number of carbonyl (C=O) groups is 1. The van der Waals surface area contributed by atoms with E-state index in [9.17, 15) is 4.79 Å². The Morgan fingerprint density at radius 2 is 2.08 bits per heavy atom. The van der Waals surface area contributed by atoms with Crippen molar-refractivity contribution in [3.8, 4) is 5.75 Å². The van der Waals surface area contributed by atoms with Crippen molar-refractivity contribution in [3.05, 3.63) is 46.8 Å². The molecule has 2 aromatic rings. The van der Waals surface area contributed by atoms with Crippen molar-refractivity contribution >= 4 is 5.91 Å². The van der Waals surface area contributed by atoms with Crippen LogP contribution in [0.25, 0.3) is 0 Å². The average molecular weight is 343 g/mol. The largest absolute Gasteiger partial charge is 0.489 e. The van der Waals surface area contributed by atoms with Crippen molar-refractivity contribution in [1.29, 1.82) is 0 Å². The van der Waals surface area contributed by atoms with Crippen LogP contribution in [0.2, 0.25) is 0 Å². The summed E-state index contributed by atoms with van der Waals surface area (Å²) in [4.78, 5) is 12.0. The number of ether oxygens (including phenoxy) is 1. The first kappa shape index (κ1) is 17.5. The van der Waals surface area contributed by atoms with E-state index in [2.05, 4.69) is 10.5 Å². The van der Waals surface area contributed by atoms with Crippen LogP contribution in [0.3, 0.4) is 0 Å². The summed E-state index contributed by atoms with van der Waals surface area (Å²) in [5.41, 5.74) is 8.75. The van der Waals surface area contributed by atoms with Crippen LogP contribution in [-0.4, -0.2) is 23.7 Å². The maximum absolute atomic E-state index is 12.0. The fourth-order valence-electron chi connectivity index (χ4n) is 2.74. The zero-order valence-electron chi connectivity index (χ0n) is 14.7. The molecule has 1 aliphatic rings. The molecule has 1 fully saturated rings. The maximum atomic E-state index is 12.0. The van der Waals surface area contributed by atoms with Gasteiger partial charge in [0.1, 0.15) is 18.1 Å². The van der Waals surface area contributed by atoms with Crippen molar-refractivity contribution in [1.82, 2.24) is 10.5 Å². The van der Waals surface area contributed by atoms with Crippen LogP contribution in [0.1, 0.15) is 35.4 Å². The molecule has 1 aromatic heterocycles. The smallest absolute Gasteiger partial charge is 0.224 e. The number of nitrogens with zero attached hydrogens (tertiary/aromatic N) is 1. The number of amides is 1. The van der Waals surface area contributed by atoms with E-state index in [1.54, 1.807) is 0 Å². The van der Waals surface area contributed by atoms with E-state index >= 15 is 0 Å². The molecule has 3 N–H and O–H groups in total. The number of hydrogen-bond acceptors (Lipinski definition) is 5. The number of aryl methyl sites for hydroxylation is 2. The Morgan fingerprint density at radius 3 is 2.68 bits per heavy atom. The van der Waals surface area contributed by atoms with Gasteiger partial charge in [-0.15, -0.1) is 0 Å². The quantitative estimate of drug-likeness (QED) is 0.767. The molecule has 1 amide bonds. The predicted octanol–water partition coefficient (Wildman–Crippen LogP) is 2.27. The minimum atomic E-state index is 0.000453. The summed E-state index contributed by atoms with van der Waals surface area (Å²) >= 11 is 0. The van der Waals surface area contributed by atoms with Gasteiger partial charge in [-0.1, -0.05) is 17.3 Å². The Kier molecular flexibility index (Phi) is 5.38. The Labute approximate surface area is 147 Å². The van der Waals surface area contributed by atoms with Crippen molar-refractivity contribution in [2.24, 2.45) is 11.7 Å². The summed E-state index contributed by atoms with van der Waals surface area (Å²) in [6, 6.07) is 7.64. The number of carbonyl (C=O) groups excluding carboxylic acids is 1. The molecule has 6 nitrogen and oxygen atoms in total. The van der Waals surface area contributed by atoms with E-state index in [1.807, 2.05) is 38.1 Å². The normalized spacial score (nSPS) is 15.0. The summed E-state index contributed by atoms with van der Waals surface area (Å²) in [6.45, 7) is 4.74. The lowest BCUT2D eigenvalue weighted by atomic mass is 10.1. The SMILES string of the molecule is Cc1noc(C)c1COc1ccc(CC(=O)NCC(N)C2CC2)cc1. The number of hydrogen-bond donors (Lipinski definition) is 2. The maximum Gasteiger partial charge on any atom is 0.224 e. The van der Waals surface area contributed by atoms with Gasteiger partial charge in [0, 0.05) is 12.6 Å². The van der Waals surface area contributed by atoms with E-state index in [4.69, 9.17) is 15.0 Å². The molecule has 134 valence electrons. The summed E-state index contributed by atoms with van der Waals surface area (Å²) in [5.74, 6) is 2.12. The van der Waals surface area contributed by atoms with E-state index in [1.165, 1.54) is 12.8 Å². The molecule has 0 bridgehead atoms. The summed E-state index contributed by atoms with van der Waals surface area (Å²) in [6.07, 6.45) is 2.72. The van der Waals surface area contributed by atoms with E-state index < -0.39 is 0 Å². The van der Waals surface area contributed by atoms with Crippen LogP contribution in [0.5, 0.6) is 5.75 Å². The summed E-state index contributed by atoms with van der Waals surface area (Å²) in [7, 11) is 0. The van der Waals surface area contributed by atoms with E-state index in [0.29, 0.717) is 25.5 Å². The minimum Gasteiger partial charge on any atom is -0.489 e. The van der Waals surface area contributed by atoms with Crippen LogP contribution in [0.4, 0.5) is 0 Å². The first-order valence-corrected chi connectivity index (χ1v) is 8.68. The van der Waals surface area contributed by atoms with Gasteiger partial charge in [0.2, 0.25) is 5.91 Å². The molecule has 1 aromatic carbocycles. The van der Waals surface area contributed by atoms with E-state index in [-0.39, 0.29) is 11.9 Å². The second-order valence-electron chi connectivity index (χ2n) is 6.72. The average Bonchev–Trinajstić information content (AvgIpc) is 3.40. The third kappa shape index (κ3) is 4.82. The van der Waals surface area contributed by atoms with E-state index in [0.717, 1.165) is 28.3 Å². The Morgan fingerprint density at radius 1 is 1.36 bits per heavy atom. The number of aromatic nitrogens is 1. The second-order valence-corrected chi connectivity index (χ2v) is 6.72. The molecule has 0 saturated heterocycles. The number of rotatable bonds is 8. The minimum absolute atomic E-state index is 0.000453. The molecule has 3 rings (SSSR count). The number of nitrogens with one attached hydrogen (secondary N) is 1. The van der Waals surface area contributed by atoms with Crippen molar-refractivity contribution in [2.75, 3.05) is 6.54 Å².